The number of carbonyl (C=O) groups is 2. The van der Waals surface area contributed by atoms with Crippen LogP contribution in [0.15, 0.2) is 18.2 Å². The lowest BCUT2D eigenvalue weighted by Gasteiger charge is -2.44. The van der Waals surface area contributed by atoms with E-state index in [1.54, 1.807) is 9.80 Å². The molecule has 1 aromatic rings. The summed E-state index contributed by atoms with van der Waals surface area (Å²) < 4.78 is 16.1. The van der Waals surface area contributed by atoms with Crippen LogP contribution >= 0.6 is 0 Å². The first-order valence-corrected chi connectivity index (χ1v) is 9.58. The quantitative estimate of drug-likeness (QED) is 0.838. The lowest BCUT2D eigenvalue weighted by Crippen LogP contribution is -2.62. The molecule has 8 nitrogen and oxygen atoms in total. The van der Waals surface area contributed by atoms with E-state index in [-0.39, 0.29) is 31.0 Å². The van der Waals surface area contributed by atoms with Crippen molar-refractivity contribution in [2.45, 2.75) is 58.8 Å². The van der Waals surface area contributed by atoms with Crippen LogP contribution in [0.25, 0.3) is 0 Å². The van der Waals surface area contributed by atoms with E-state index in [0.717, 1.165) is 11.3 Å². The molecule has 0 unspecified atom stereocenters. The summed E-state index contributed by atoms with van der Waals surface area (Å²) in [5.74, 6) is 1.41. The third-order valence-electron chi connectivity index (χ3n) is 5.03. The van der Waals surface area contributed by atoms with Gasteiger partial charge >= 0.3 is 12.1 Å². The van der Waals surface area contributed by atoms with Gasteiger partial charge in [-0.15, -0.1) is 0 Å². The van der Waals surface area contributed by atoms with Gasteiger partial charge in [0.2, 0.25) is 6.79 Å². The third-order valence-corrected chi connectivity index (χ3v) is 5.03. The number of urea groups is 1. The molecule has 0 aliphatic carbocycles. The summed E-state index contributed by atoms with van der Waals surface area (Å²) in [6.45, 7) is 10.9. The number of benzene rings is 1. The van der Waals surface area contributed by atoms with Crippen LogP contribution in [0.5, 0.6) is 11.5 Å². The molecule has 0 aromatic heterocycles. The summed E-state index contributed by atoms with van der Waals surface area (Å²) in [7, 11) is 0. The lowest BCUT2D eigenvalue weighted by molar-refractivity contribution is -0.00545. The Balaban J connectivity index is 1.56. The summed E-state index contributed by atoms with van der Waals surface area (Å²) in [5.41, 5.74) is 0.393. The zero-order valence-electron chi connectivity index (χ0n) is 17.2. The monoisotopic (exact) mass is 391 g/mol. The van der Waals surface area contributed by atoms with Gasteiger partial charge in [0.1, 0.15) is 5.60 Å². The van der Waals surface area contributed by atoms with E-state index >= 15 is 0 Å². The van der Waals surface area contributed by atoms with Crippen LogP contribution in [0.3, 0.4) is 0 Å². The molecular weight excluding hydrogens is 362 g/mol. The van der Waals surface area contributed by atoms with Gasteiger partial charge < -0.3 is 29.3 Å². The number of ether oxygens (including phenoxy) is 3. The van der Waals surface area contributed by atoms with Gasteiger partial charge in [-0.2, -0.15) is 0 Å². The van der Waals surface area contributed by atoms with Crippen molar-refractivity contribution < 1.29 is 23.8 Å². The molecular formula is C20H29N3O5. The molecule has 2 atom stereocenters. The average Bonchev–Trinajstić information content (AvgIpc) is 3.08. The fourth-order valence-corrected chi connectivity index (χ4v) is 3.34. The molecule has 0 saturated carbocycles. The van der Waals surface area contributed by atoms with E-state index in [4.69, 9.17) is 14.2 Å². The van der Waals surface area contributed by atoms with Gasteiger partial charge in [-0.1, -0.05) is 6.07 Å². The molecule has 1 fully saturated rings. The van der Waals surface area contributed by atoms with Crippen molar-refractivity contribution in [1.82, 2.24) is 15.1 Å². The van der Waals surface area contributed by atoms with Crippen molar-refractivity contribution in [1.29, 1.82) is 0 Å². The smallest absolute Gasteiger partial charge is 0.410 e. The van der Waals surface area contributed by atoms with Crippen molar-refractivity contribution in [3.63, 3.8) is 0 Å². The van der Waals surface area contributed by atoms with Crippen molar-refractivity contribution in [2.75, 3.05) is 19.9 Å². The predicted molar refractivity (Wildman–Crippen MR) is 103 cm³/mol. The Bertz CT molecular complexity index is 746. The first kappa shape index (κ1) is 20.1. The Morgan fingerprint density at radius 3 is 2.46 bits per heavy atom. The fraction of sp³-hybridized carbons (Fsp3) is 0.600. The minimum atomic E-state index is -0.542. The zero-order valence-corrected chi connectivity index (χ0v) is 17.2. The average molecular weight is 391 g/mol. The van der Waals surface area contributed by atoms with E-state index in [0.29, 0.717) is 25.4 Å². The van der Waals surface area contributed by atoms with Gasteiger partial charge in [-0.05, 0) is 52.3 Å². The highest BCUT2D eigenvalue weighted by atomic mass is 16.7. The second kappa shape index (κ2) is 7.77. The van der Waals surface area contributed by atoms with Crippen LogP contribution in [0.1, 0.15) is 40.2 Å². The van der Waals surface area contributed by atoms with Crippen molar-refractivity contribution in [2.24, 2.45) is 0 Å². The topological polar surface area (TPSA) is 80.3 Å². The van der Waals surface area contributed by atoms with E-state index in [1.165, 1.54) is 0 Å². The Kier molecular flexibility index (Phi) is 5.58. The first-order chi connectivity index (χ1) is 13.2. The van der Waals surface area contributed by atoms with Crippen LogP contribution in [-0.2, 0) is 11.3 Å². The summed E-state index contributed by atoms with van der Waals surface area (Å²) in [6, 6.07) is 5.20. The van der Waals surface area contributed by atoms with E-state index < -0.39 is 5.60 Å². The Hall–Kier alpha value is -2.64. The number of carbonyl (C=O) groups excluding carboxylic acids is 2. The fourth-order valence-electron chi connectivity index (χ4n) is 3.34. The Morgan fingerprint density at radius 1 is 1.11 bits per heavy atom. The van der Waals surface area contributed by atoms with Crippen LogP contribution in [0.2, 0.25) is 0 Å². The van der Waals surface area contributed by atoms with E-state index in [9.17, 15) is 9.59 Å². The molecule has 2 heterocycles. The highest BCUT2D eigenvalue weighted by molar-refractivity contribution is 5.75. The molecule has 2 aliphatic rings. The van der Waals surface area contributed by atoms with Gasteiger partial charge in [0, 0.05) is 19.6 Å². The third kappa shape index (κ3) is 4.43. The molecule has 0 radical (unpaired) electrons. The van der Waals surface area contributed by atoms with Crippen molar-refractivity contribution >= 4 is 12.1 Å². The highest BCUT2D eigenvalue weighted by Crippen LogP contribution is 2.32. The molecule has 0 spiro atoms. The maximum Gasteiger partial charge on any atom is 0.410 e. The van der Waals surface area contributed by atoms with E-state index in [1.807, 2.05) is 52.8 Å². The molecule has 154 valence electrons. The van der Waals surface area contributed by atoms with Gasteiger partial charge in [0.15, 0.2) is 11.5 Å². The molecule has 2 aliphatic heterocycles. The maximum absolute atomic E-state index is 12.7. The number of hydrogen-bond donors (Lipinski definition) is 1. The van der Waals surface area contributed by atoms with Crippen LogP contribution in [0, 0.1) is 0 Å². The van der Waals surface area contributed by atoms with Crippen LogP contribution in [0.4, 0.5) is 9.59 Å². The maximum atomic E-state index is 12.7. The minimum Gasteiger partial charge on any atom is -0.454 e. The lowest BCUT2D eigenvalue weighted by atomic mass is 10.1. The number of nitrogens with one attached hydrogen (secondary N) is 1. The first-order valence-electron chi connectivity index (χ1n) is 9.58. The molecule has 3 rings (SSSR count). The summed E-state index contributed by atoms with van der Waals surface area (Å²) in [6.07, 6.45) is -0.340. The van der Waals surface area contributed by atoms with E-state index in [2.05, 4.69) is 5.32 Å². The molecule has 1 aromatic carbocycles. The van der Waals surface area contributed by atoms with Crippen LogP contribution < -0.4 is 14.8 Å². The molecule has 1 N–H and O–H groups in total. The number of amides is 3. The summed E-state index contributed by atoms with van der Waals surface area (Å²) in [4.78, 5) is 28.6. The molecule has 0 bridgehead atoms. The van der Waals surface area contributed by atoms with Gasteiger partial charge in [-0.25, -0.2) is 9.59 Å². The predicted octanol–water partition coefficient (Wildman–Crippen LogP) is 2.95. The molecule has 28 heavy (non-hydrogen) atoms. The highest BCUT2D eigenvalue weighted by Gasteiger charge is 2.37. The molecule has 3 amide bonds. The standard InChI is InChI=1S/C20H29N3O5/c1-13-14(2)23(19(25)28-20(3,4)5)9-8-22(13)18(24)21-11-15-6-7-16-17(10-15)27-12-26-16/h6-7,10,13-14H,8-9,11-12H2,1-5H3,(H,21,24)/t13-,14+/m0/s1. The number of piperazine rings is 1. The van der Waals surface area contributed by atoms with Crippen molar-refractivity contribution in [3.8, 4) is 11.5 Å². The Labute approximate surface area is 165 Å². The zero-order chi connectivity index (χ0) is 20.5. The largest absolute Gasteiger partial charge is 0.454 e. The van der Waals surface area contributed by atoms with Gasteiger partial charge in [0.05, 0.1) is 12.1 Å². The molecule has 8 heteroatoms. The number of fused-ring (bicyclic) bond motifs is 1. The van der Waals surface area contributed by atoms with Crippen LogP contribution in [-0.4, -0.2) is 59.5 Å². The number of rotatable bonds is 2. The second-order valence-electron chi connectivity index (χ2n) is 8.19. The Morgan fingerprint density at radius 2 is 1.75 bits per heavy atom. The van der Waals surface area contributed by atoms with Gasteiger partial charge in [0.25, 0.3) is 0 Å². The number of hydrogen-bond acceptors (Lipinski definition) is 5. The summed E-state index contributed by atoms with van der Waals surface area (Å²) >= 11 is 0. The number of nitrogens with zero attached hydrogens (tertiary/aromatic N) is 2. The van der Waals surface area contributed by atoms with Gasteiger partial charge in [-0.3, -0.25) is 0 Å². The van der Waals surface area contributed by atoms with Crippen molar-refractivity contribution in [3.05, 3.63) is 23.8 Å². The SMILES string of the molecule is C[C@@H]1[C@H](C)N(C(=O)NCc2ccc3c(c2)OCO3)CCN1C(=O)OC(C)(C)C. The minimum absolute atomic E-state index is 0.127. The second-order valence-corrected chi connectivity index (χ2v) is 8.19. The normalized spacial score (nSPS) is 21.5. The summed E-state index contributed by atoms with van der Waals surface area (Å²) in [5, 5.41) is 2.95. The molecule has 1 saturated heterocycles.